The maximum atomic E-state index is 11.9. The zero-order valence-corrected chi connectivity index (χ0v) is 10.8. The van der Waals surface area contributed by atoms with Crippen molar-refractivity contribution in [1.82, 2.24) is 5.32 Å². The highest BCUT2D eigenvalue weighted by Gasteiger charge is 2.26. The summed E-state index contributed by atoms with van der Waals surface area (Å²) < 4.78 is 0. The third-order valence-electron chi connectivity index (χ3n) is 3.47. The number of rotatable bonds is 4. The number of carbonyl (C=O) groups excluding carboxylic acids is 1. The molecule has 1 atom stereocenters. The maximum Gasteiger partial charge on any atom is 0.223 e. The minimum atomic E-state index is 0.111. The van der Waals surface area contributed by atoms with Gasteiger partial charge < -0.3 is 5.32 Å². The summed E-state index contributed by atoms with van der Waals surface area (Å²) in [5.41, 5.74) is 1.13. The fourth-order valence-electron chi connectivity index (χ4n) is 2.08. The zero-order valence-electron chi connectivity index (χ0n) is 10.1. The van der Waals surface area contributed by atoms with E-state index >= 15 is 0 Å². The number of nitrogens with one attached hydrogen (secondary N) is 1. The minimum absolute atomic E-state index is 0.111. The second-order valence-electron chi connectivity index (χ2n) is 4.65. The van der Waals surface area contributed by atoms with Crippen molar-refractivity contribution in [3.63, 3.8) is 0 Å². The van der Waals surface area contributed by atoms with Crippen molar-refractivity contribution in [1.29, 1.82) is 0 Å². The van der Waals surface area contributed by atoms with Crippen molar-refractivity contribution in [2.45, 2.75) is 38.6 Å². The molecular weight excluding hydrogens is 234 g/mol. The van der Waals surface area contributed by atoms with E-state index in [2.05, 4.69) is 12.2 Å². The average molecular weight is 252 g/mol. The first kappa shape index (κ1) is 12.4. The Balaban J connectivity index is 2.00. The van der Waals surface area contributed by atoms with Gasteiger partial charge in [-0.1, -0.05) is 37.1 Å². The van der Waals surface area contributed by atoms with Gasteiger partial charge in [-0.2, -0.15) is 0 Å². The van der Waals surface area contributed by atoms with Crippen LogP contribution < -0.4 is 5.32 Å². The molecular formula is C14H18ClNO. The topological polar surface area (TPSA) is 29.1 Å². The van der Waals surface area contributed by atoms with E-state index in [-0.39, 0.29) is 17.9 Å². The first-order valence-electron chi connectivity index (χ1n) is 6.26. The van der Waals surface area contributed by atoms with E-state index < -0.39 is 0 Å². The highest BCUT2D eigenvalue weighted by molar-refractivity contribution is 6.30. The van der Waals surface area contributed by atoms with Crippen molar-refractivity contribution in [2.75, 3.05) is 0 Å². The molecule has 1 aliphatic carbocycles. The molecule has 0 aliphatic heterocycles. The Morgan fingerprint density at radius 1 is 1.41 bits per heavy atom. The molecule has 1 fully saturated rings. The first-order chi connectivity index (χ1) is 8.20. The van der Waals surface area contributed by atoms with Crippen molar-refractivity contribution in [3.05, 3.63) is 34.9 Å². The molecule has 1 N–H and O–H groups in total. The summed E-state index contributed by atoms with van der Waals surface area (Å²) in [6.45, 7) is 2.08. The summed E-state index contributed by atoms with van der Waals surface area (Å²) in [5, 5.41) is 3.85. The van der Waals surface area contributed by atoms with Crippen LogP contribution in [0.25, 0.3) is 0 Å². The van der Waals surface area contributed by atoms with Gasteiger partial charge in [-0.05, 0) is 37.0 Å². The first-order valence-corrected chi connectivity index (χ1v) is 6.64. The molecule has 0 aromatic heterocycles. The summed E-state index contributed by atoms with van der Waals surface area (Å²) in [6, 6.07) is 7.82. The summed E-state index contributed by atoms with van der Waals surface area (Å²) in [6.07, 6.45) is 4.18. The Labute approximate surface area is 107 Å². The molecule has 0 bridgehead atoms. The molecule has 0 saturated heterocycles. The Kier molecular flexibility index (Phi) is 4.06. The number of carbonyl (C=O) groups is 1. The van der Waals surface area contributed by atoms with Gasteiger partial charge in [-0.3, -0.25) is 4.79 Å². The smallest absolute Gasteiger partial charge is 0.223 e. The molecule has 1 aromatic carbocycles. The van der Waals surface area contributed by atoms with E-state index in [1.165, 1.54) is 6.42 Å². The Morgan fingerprint density at radius 2 is 2.06 bits per heavy atom. The molecule has 2 rings (SSSR count). The number of halogens is 1. The van der Waals surface area contributed by atoms with Crippen LogP contribution in [0.15, 0.2) is 24.3 Å². The van der Waals surface area contributed by atoms with Crippen LogP contribution in [0.5, 0.6) is 0 Å². The van der Waals surface area contributed by atoms with Crippen LogP contribution in [0.1, 0.15) is 44.2 Å². The van der Waals surface area contributed by atoms with Crippen LogP contribution in [0.3, 0.4) is 0 Å². The lowest BCUT2D eigenvalue weighted by molar-refractivity contribution is -0.128. The minimum Gasteiger partial charge on any atom is -0.349 e. The van der Waals surface area contributed by atoms with E-state index in [0.29, 0.717) is 0 Å². The molecule has 0 heterocycles. The Morgan fingerprint density at radius 3 is 2.53 bits per heavy atom. The molecule has 1 amide bonds. The van der Waals surface area contributed by atoms with Crippen molar-refractivity contribution >= 4 is 17.5 Å². The van der Waals surface area contributed by atoms with Crippen LogP contribution in [0.4, 0.5) is 0 Å². The maximum absolute atomic E-state index is 11.9. The van der Waals surface area contributed by atoms with Gasteiger partial charge >= 0.3 is 0 Å². The van der Waals surface area contributed by atoms with Gasteiger partial charge in [0.2, 0.25) is 5.91 Å². The Bertz CT molecular complexity index is 384. The largest absolute Gasteiger partial charge is 0.349 e. The highest BCUT2D eigenvalue weighted by atomic mass is 35.5. The van der Waals surface area contributed by atoms with Gasteiger partial charge in [0.1, 0.15) is 0 Å². The molecule has 2 nitrogen and oxygen atoms in total. The molecule has 0 radical (unpaired) electrons. The van der Waals surface area contributed by atoms with E-state index in [1.54, 1.807) is 0 Å². The molecule has 17 heavy (non-hydrogen) atoms. The molecule has 1 unspecified atom stereocenters. The third-order valence-corrected chi connectivity index (χ3v) is 3.73. The van der Waals surface area contributed by atoms with Crippen LogP contribution >= 0.6 is 11.6 Å². The molecule has 92 valence electrons. The van der Waals surface area contributed by atoms with Crippen molar-refractivity contribution in [2.24, 2.45) is 5.92 Å². The average Bonchev–Trinajstić information content (AvgIpc) is 2.25. The van der Waals surface area contributed by atoms with Gasteiger partial charge in [-0.15, -0.1) is 0 Å². The van der Waals surface area contributed by atoms with Crippen LogP contribution in [0, 0.1) is 5.92 Å². The van der Waals surface area contributed by atoms with Crippen molar-refractivity contribution < 1.29 is 4.79 Å². The van der Waals surface area contributed by atoms with Crippen LogP contribution in [-0.4, -0.2) is 5.91 Å². The number of hydrogen-bond acceptors (Lipinski definition) is 1. The van der Waals surface area contributed by atoms with Gasteiger partial charge in [-0.25, -0.2) is 0 Å². The Hall–Kier alpha value is -1.02. The molecule has 1 aromatic rings. The molecule has 3 heteroatoms. The van der Waals surface area contributed by atoms with E-state index in [9.17, 15) is 4.79 Å². The van der Waals surface area contributed by atoms with Gasteiger partial charge in [0.25, 0.3) is 0 Å². The standard InChI is InChI=1S/C14H18ClNO/c1-2-13(10-6-8-12(15)9-7-10)16-14(17)11-4-3-5-11/h6-9,11,13H,2-5H2,1H3,(H,16,17). The lowest BCUT2D eigenvalue weighted by Crippen LogP contribution is -2.36. The molecule has 0 spiro atoms. The third kappa shape index (κ3) is 3.01. The summed E-state index contributed by atoms with van der Waals surface area (Å²) >= 11 is 5.86. The fraction of sp³-hybridized carbons (Fsp3) is 0.500. The van der Waals surface area contributed by atoms with Gasteiger partial charge in [0.15, 0.2) is 0 Å². The lowest BCUT2D eigenvalue weighted by atomic mass is 9.84. The van der Waals surface area contributed by atoms with E-state index in [4.69, 9.17) is 11.6 Å². The second kappa shape index (κ2) is 5.54. The predicted molar refractivity (Wildman–Crippen MR) is 70.0 cm³/mol. The second-order valence-corrected chi connectivity index (χ2v) is 5.09. The van der Waals surface area contributed by atoms with Crippen molar-refractivity contribution in [3.8, 4) is 0 Å². The van der Waals surface area contributed by atoms with Gasteiger partial charge in [0, 0.05) is 10.9 Å². The van der Waals surface area contributed by atoms with Crippen LogP contribution in [-0.2, 0) is 4.79 Å². The predicted octanol–water partition coefficient (Wildman–Crippen LogP) is 3.71. The monoisotopic (exact) mass is 251 g/mol. The fourth-order valence-corrected chi connectivity index (χ4v) is 2.20. The van der Waals surface area contributed by atoms with E-state index in [0.717, 1.165) is 29.8 Å². The number of hydrogen-bond donors (Lipinski definition) is 1. The lowest BCUT2D eigenvalue weighted by Gasteiger charge is -2.27. The summed E-state index contributed by atoms with van der Waals surface area (Å²) in [4.78, 5) is 11.9. The number of benzene rings is 1. The van der Waals surface area contributed by atoms with E-state index in [1.807, 2.05) is 24.3 Å². The molecule has 1 saturated carbocycles. The van der Waals surface area contributed by atoms with Gasteiger partial charge in [0.05, 0.1) is 6.04 Å². The number of amides is 1. The SMILES string of the molecule is CCC(NC(=O)C1CCC1)c1ccc(Cl)cc1. The quantitative estimate of drug-likeness (QED) is 0.869. The van der Waals surface area contributed by atoms with Crippen LogP contribution in [0.2, 0.25) is 5.02 Å². The summed E-state index contributed by atoms with van der Waals surface area (Å²) in [5.74, 6) is 0.453. The zero-order chi connectivity index (χ0) is 12.3. The normalized spacial score (nSPS) is 17.3. The summed E-state index contributed by atoms with van der Waals surface area (Å²) in [7, 11) is 0. The molecule has 1 aliphatic rings. The highest BCUT2D eigenvalue weighted by Crippen LogP contribution is 2.28.